The molecular formula is C52H38O2Zr-. The molecule has 0 aliphatic heterocycles. The molecule has 0 N–H and O–H groups in total. The second-order valence-electron chi connectivity index (χ2n) is 12.5. The minimum Gasteiger partial charge on any atom is -0.870 e. The first-order valence-corrected chi connectivity index (χ1v) is 18.1. The molecule has 7 aromatic rings. The van der Waals surface area contributed by atoms with Crippen molar-refractivity contribution in [2.75, 3.05) is 0 Å². The van der Waals surface area contributed by atoms with Gasteiger partial charge in [0.2, 0.25) is 0 Å². The Labute approximate surface area is 343 Å². The van der Waals surface area contributed by atoms with E-state index < -0.39 is 0 Å². The van der Waals surface area contributed by atoms with E-state index in [9.17, 15) is 5.11 Å². The zero-order chi connectivity index (χ0) is 36.8. The second kappa shape index (κ2) is 19.9. The van der Waals surface area contributed by atoms with E-state index in [4.69, 9.17) is 4.74 Å². The van der Waals surface area contributed by atoms with Crippen LogP contribution in [0.3, 0.4) is 0 Å². The largest absolute Gasteiger partial charge is 0.870 e. The Morgan fingerprint density at radius 2 is 0.927 bits per heavy atom. The van der Waals surface area contributed by atoms with Gasteiger partial charge in [0.05, 0.1) is 0 Å². The van der Waals surface area contributed by atoms with Gasteiger partial charge >= 0.3 is 0 Å². The number of benzene rings is 7. The molecule has 3 radical (unpaired) electrons. The van der Waals surface area contributed by atoms with E-state index in [-0.39, 0.29) is 32.0 Å². The third kappa shape index (κ3) is 9.76. The first kappa shape index (κ1) is 38.7. The van der Waals surface area contributed by atoms with Crippen molar-refractivity contribution in [1.82, 2.24) is 0 Å². The fourth-order valence-corrected chi connectivity index (χ4v) is 6.35. The van der Waals surface area contributed by atoms with Gasteiger partial charge in [-0.1, -0.05) is 212 Å². The van der Waals surface area contributed by atoms with Crippen LogP contribution < -0.4 is 9.84 Å². The fourth-order valence-electron chi connectivity index (χ4n) is 6.35. The van der Waals surface area contributed by atoms with Crippen molar-refractivity contribution in [1.29, 1.82) is 0 Å². The van der Waals surface area contributed by atoms with E-state index in [1.807, 2.05) is 170 Å². The van der Waals surface area contributed by atoms with Crippen molar-refractivity contribution in [3.8, 4) is 11.5 Å². The Morgan fingerprint density at radius 1 is 0.491 bits per heavy atom. The summed E-state index contributed by atoms with van der Waals surface area (Å²) >= 11 is 0. The molecule has 0 saturated heterocycles. The van der Waals surface area contributed by atoms with Crippen LogP contribution in [0.2, 0.25) is 0 Å². The molecule has 9 rings (SSSR count). The molecular weight excluding hydrogens is 748 g/mol. The standard InChI is InChI=1S/C42H29O2.2C5H5.Zr/c43-40-36-27-15-13-25-34(36)35-26-14-16-28-37(35)42(40)44-41(33-23-11-4-12-24-33)39(32-21-9-3-10-22-32)38(31-19-7-2-8-20-31)29-30-17-5-1-6-18-30;2*1-2-4-5-3-1;/h1-28,43H;2*1-3H,4H2;/p-1/b38-29?,41-39-;;;. The van der Waals surface area contributed by atoms with Gasteiger partial charge in [-0.15, -0.1) is 0 Å². The van der Waals surface area contributed by atoms with Gasteiger partial charge in [0.1, 0.15) is 11.5 Å². The molecule has 55 heavy (non-hydrogen) atoms. The monoisotopic (exact) mass is 784 g/mol. The van der Waals surface area contributed by atoms with E-state index in [2.05, 4.69) is 54.6 Å². The summed E-state index contributed by atoms with van der Waals surface area (Å²) < 4.78 is 7.02. The van der Waals surface area contributed by atoms with Crippen LogP contribution >= 0.6 is 0 Å². The first-order chi connectivity index (χ1) is 26.8. The maximum atomic E-state index is 14.2. The van der Waals surface area contributed by atoms with Gasteiger partial charge in [-0.2, -0.15) is 0 Å². The molecule has 0 bridgehead atoms. The van der Waals surface area contributed by atoms with Crippen LogP contribution in [0.1, 0.15) is 35.1 Å². The van der Waals surface area contributed by atoms with Crippen LogP contribution in [0.15, 0.2) is 206 Å². The SMILES string of the molecule is [C]1=CC=CC1.[C]1=CC=CC1.[O-]c1c(O/C(=C(\C(=[C]c2ccccc2)c2ccccc2)c2ccccc2)c2ccccc2)c2ccccc2c2ccccc12.[Zr]. The minimum absolute atomic E-state index is 0. The molecule has 2 aliphatic carbocycles. The van der Waals surface area contributed by atoms with Crippen LogP contribution in [0, 0.1) is 18.2 Å². The molecule has 3 heteroatoms. The molecule has 0 amide bonds. The Hall–Kier alpha value is -6.02. The van der Waals surface area contributed by atoms with Crippen LogP contribution in [-0.4, -0.2) is 0 Å². The topological polar surface area (TPSA) is 32.3 Å². The predicted molar refractivity (Wildman–Crippen MR) is 223 cm³/mol. The second-order valence-corrected chi connectivity index (χ2v) is 12.5. The molecule has 0 aromatic heterocycles. The molecule has 0 spiro atoms. The number of ether oxygens (including phenoxy) is 1. The number of hydrogen-bond acceptors (Lipinski definition) is 2. The zero-order valence-corrected chi connectivity index (χ0v) is 32.8. The molecule has 2 nitrogen and oxygen atoms in total. The maximum Gasteiger partial charge on any atom is 0.143 e. The van der Waals surface area contributed by atoms with Gasteiger partial charge in [0.15, 0.2) is 0 Å². The Morgan fingerprint density at radius 3 is 1.42 bits per heavy atom. The van der Waals surface area contributed by atoms with Crippen molar-refractivity contribution in [3.05, 3.63) is 247 Å². The van der Waals surface area contributed by atoms with Crippen molar-refractivity contribution >= 4 is 38.5 Å². The van der Waals surface area contributed by atoms with Crippen LogP contribution in [-0.2, 0) is 26.2 Å². The Kier molecular flexibility index (Phi) is 14.0. The van der Waals surface area contributed by atoms with Crippen LogP contribution in [0.4, 0.5) is 0 Å². The smallest absolute Gasteiger partial charge is 0.143 e. The average Bonchev–Trinajstić information content (AvgIpc) is 4.04. The summed E-state index contributed by atoms with van der Waals surface area (Å²) in [6.07, 6.45) is 23.7. The number of rotatable bonds is 7. The summed E-state index contributed by atoms with van der Waals surface area (Å²) in [4.78, 5) is 0. The minimum atomic E-state index is -0.141. The van der Waals surface area contributed by atoms with Crippen LogP contribution in [0.25, 0.3) is 38.5 Å². The summed E-state index contributed by atoms with van der Waals surface area (Å²) in [6, 6.07) is 56.3. The normalized spacial score (nSPS) is 13.0. The van der Waals surface area contributed by atoms with Gasteiger partial charge in [0.25, 0.3) is 0 Å². The van der Waals surface area contributed by atoms with Crippen molar-refractivity contribution in [2.45, 2.75) is 12.8 Å². The molecule has 0 saturated carbocycles. The van der Waals surface area contributed by atoms with Crippen LogP contribution in [0.5, 0.6) is 11.5 Å². The quantitative estimate of drug-likeness (QED) is 0.0698. The van der Waals surface area contributed by atoms with E-state index in [1.165, 1.54) is 0 Å². The summed E-state index contributed by atoms with van der Waals surface area (Å²) in [5.74, 6) is 0.743. The predicted octanol–water partition coefficient (Wildman–Crippen LogP) is 12.6. The van der Waals surface area contributed by atoms with Gasteiger partial charge in [-0.3, -0.25) is 0 Å². The third-order valence-corrected chi connectivity index (χ3v) is 8.90. The molecule has 0 fully saturated rings. The molecule has 2 aliphatic rings. The molecule has 0 heterocycles. The van der Waals surface area contributed by atoms with E-state index in [0.717, 1.165) is 62.4 Å². The third-order valence-electron chi connectivity index (χ3n) is 8.90. The van der Waals surface area contributed by atoms with E-state index >= 15 is 0 Å². The maximum absolute atomic E-state index is 14.2. The summed E-state index contributed by atoms with van der Waals surface area (Å²) in [5.41, 5.74) is 5.42. The van der Waals surface area contributed by atoms with Crippen molar-refractivity contribution in [2.24, 2.45) is 0 Å². The van der Waals surface area contributed by atoms with Crippen molar-refractivity contribution in [3.63, 3.8) is 0 Å². The van der Waals surface area contributed by atoms with E-state index in [1.54, 1.807) is 0 Å². The average molecular weight is 786 g/mol. The first-order valence-electron chi connectivity index (χ1n) is 18.1. The summed E-state index contributed by atoms with van der Waals surface area (Å²) in [5, 5.41) is 17.5. The zero-order valence-electron chi connectivity index (χ0n) is 30.4. The fraction of sp³-hybridized carbons (Fsp3) is 0.0385. The number of fused-ring (bicyclic) bond motifs is 3. The molecule has 0 atom stereocenters. The van der Waals surface area contributed by atoms with Gasteiger partial charge in [-0.25, -0.2) is 0 Å². The molecule has 0 unspecified atom stereocenters. The summed E-state index contributed by atoms with van der Waals surface area (Å²) in [6.45, 7) is 0. The van der Waals surface area contributed by atoms with Gasteiger partial charge < -0.3 is 9.84 Å². The Bertz CT molecular complexity index is 2450. The van der Waals surface area contributed by atoms with Gasteiger partial charge in [-0.05, 0) is 63.9 Å². The molecule has 7 aromatic carbocycles. The van der Waals surface area contributed by atoms with Crippen molar-refractivity contribution < 1.29 is 36.0 Å². The molecule has 263 valence electrons. The summed E-state index contributed by atoms with van der Waals surface area (Å²) in [7, 11) is 0. The number of allylic oxidation sites excluding steroid dienone is 10. The van der Waals surface area contributed by atoms with E-state index in [0.29, 0.717) is 16.9 Å². The van der Waals surface area contributed by atoms with Gasteiger partial charge in [0, 0.05) is 48.3 Å². The Balaban J connectivity index is 0.000000407. The number of hydrogen-bond donors (Lipinski definition) is 0.